The number of ether oxygens (including phenoxy) is 2. The zero-order chi connectivity index (χ0) is 20.3. The number of esters is 2. The van der Waals surface area contributed by atoms with Crippen LogP contribution in [0, 0.1) is 0 Å². The van der Waals surface area contributed by atoms with E-state index in [0.717, 1.165) is 0 Å². The Bertz CT molecular complexity index is 832. The molecule has 0 aliphatic rings. The highest BCUT2D eigenvalue weighted by Crippen LogP contribution is 2.36. The van der Waals surface area contributed by atoms with Crippen LogP contribution < -0.4 is 4.74 Å². The first kappa shape index (κ1) is 23.1. The number of alkyl halides is 2. The summed E-state index contributed by atoms with van der Waals surface area (Å²) in [6, 6.07) is 3.18. The van der Waals surface area contributed by atoms with E-state index in [0.29, 0.717) is 32.5 Å². The summed E-state index contributed by atoms with van der Waals surface area (Å²) in [6.45, 7) is 0.563. The molecule has 0 aliphatic heterocycles. The van der Waals surface area contributed by atoms with Gasteiger partial charge in [0.05, 0.1) is 8.95 Å². The third-order valence-corrected chi connectivity index (χ3v) is 5.29. The van der Waals surface area contributed by atoms with Gasteiger partial charge in [0.2, 0.25) is 0 Å². The van der Waals surface area contributed by atoms with E-state index >= 15 is 0 Å². The smallest absolute Gasteiger partial charge is 0.405 e. The van der Waals surface area contributed by atoms with Crippen molar-refractivity contribution in [2.45, 2.75) is 18.3 Å². The summed E-state index contributed by atoms with van der Waals surface area (Å²) >= 11 is 9.54. The molecular weight excluding hydrogens is 578 g/mol. The maximum atomic E-state index is 13.2. The lowest BCUT2D eigenvalue weighted by Gasteiger charge is -2.19. The van der Waals surface area contributed by atoms with Gasteiger partial charge in [-0.1, -0.05) is 15.9 Å². The van der Waals surface area contributed by atoms with Crippen molar-refractivity contribution in [3.8, 4) is 5.75 Å². The zero-order valence-electron chi connectivity index (χ0n) is 12.6. The number of carbonyl (C=O) groups excluding carboxylic acids is 2. The highest BCUT2D eigenvalue weighted by molar-refractivity contribution is 9.11. The van der Waals surface area contributed by atoms with Crippen LogP contribution in [0.2, 0.25) is 0 Å². The second-order valence-corrected chi connectivity index (χ2v) is 8.69. The van der Waals surface area contributed by atoms with Crippen LogP contribution in [0.1, 0.15) is 6.92 Å². The number of hydrogen-bond acceptors (Lipinski definition) is 6. The van der Waals surface area contributed by atoms with Crippen LogP contribution in [-0.2, 0) is 24.4 Å². The van der Waals surface area contributed by atoms with E-state index in [1.165, 1.54) is 0 Å². The summed E-state index contributed by atoms with van der Waals surface area (Å²) in [6.07, 6.45) is -1.42. The molecular formula is C13H9Br3F2O7S. The maximum absolute atomic E-state index is 13.2. The molecule has 0 bridgehead atoms. The minimum atomic E-state index is -5.77. The normalized spacial score (nSPS) is 13.5. The molecule has 13 heteroatoms. The van der Waals surface area contributed by atoms with Crippen LogP contribution in [0.4, 0.5) is 8.78 Å². The van der Waals surface area contributed by atoms with Crippen molar-refractivity contribution in [2.75, 3.05) is 0 Å². The van der Waals surface area contributed by atoms with Crippen LogP contribution in [-0.4, -0.2) is 36.3 Å². The third-order valence-electron chi connectivity index (χ3n) is 2.63. The Morgan fingerprint density at radius 3 is 2.08 bits per heavy atom. The van der Waals surface area contributed by atoms with Crippen molar-refractivity contribution in [3.05, 3.63) is 37.7 Å². The lowest BCUT2D eigenvalue weighted by molar-refractivity contribution is -0.153. The second-order valence-electron chi connectivity index (χ2n) is 4.57. The molecule has 0 fully saturated rings. The summed E-state index contributed by atoms with van der Waals surface area (Å²) in [4.78, 5) is 23.1. The Morgan fingerprint density at radius 2 is 1.62 bits per heavy atom. The van der Waals surface area contributed by atoms with Gasteiger partial charge in [-0.3, -0.25) is 4.55 Å². The van der Waals surface area contributed by atoms with E-state index in [1.54, 1.807) is 12.1 Å². The summed E-state index contributed by atoms with van der Waals surface area (Å²) in [5.41, 5.74) is 0. The van der Waals surface area contributed by atoms with Crippen molar-refractivity contribution in [1.82, 2.24) is 0 Å². The van der Waals surface area contributed by atoms with E-state index in [-0.39, 0.29) is 5.75 Å². The molecule has 0 aromatic heterocycles. The van der Waals surface area contributed by atoms with Gasteiger partial charge in [-0.2, -0.15) is 17.2 Å². The van der Waals surface area contributed by atoms with E-state index in [9.17, 15) is 26.8 Å². The van der Waals surface area contributed by atoms with Crippen LogP contribution >= 0.6 is 47.8 Å². The monoisotopic (exact) mass is 584 g/mol. The molecule has 1 unspecified atom stereocenters. The van der Waals surface area contributed by atoms with Crippen LogP contribution in [0.3, 0.4) is 0 Å². The number of carbonyl (C=O) groups is 2. The van der Waals surface area contributed by atoms with Gasteiger partial charge in [0.15, 0.2) is 11.9 Å². The summed E-state index contributed by atoms with van der Waals surface area (Å²) in [5.74, 6) is -2.37. The Morgan fingerprint density at radius 1 is 1.15 bits per heavy atom. The predicted molar refractivity (Wildman–Crippen MR) is 96.4 cm³/mol. The summed E-state index contributed by atoms with van der Waals surface area (Å²) in [5, 5.41) is -4.70. The fourth-order valence-electron chi connectivity index (χ4n) is 1.39. The highest BCUT2D eigenvalue weighted by Gasteiger charge is 2.51. The number of benzene rings is 1. The zero-order valence-corrected chi connectivity index (χ0v) is 18.2. The van der Waals surface area contributed by atoms with E-state index < -0.39 is 33.4 Å². The van der Waals surface area contributed by atoms with E-state index in [4.69, 9.17) is 9.29 Å². The molecule has 1 aromatic carbocycles. The maximum Gasteiger partial charge on any atom is 0.405 e. The van der Waals surface area contributed by atoms with Crippen molar-refractivity contribution < 1.29 is 40.8 Å². The Labute approximate surface area is 171 Å². The van der Waals surface area contributed by atoms with Crippen LogP contribution in [0.5, 0.6) is 5.75 Å². The largest absolute Gasteiger partial charge is 0.452 e. The first-order valence-corrected chi connectivity index (χ1v) is 10.2. The van der Waals surface area contributed by atoms with Gasteiger partial charge in [0.1, 0.15) is 0 Å². The molecule has 1 rings (SSSR count). The minimum absolute atomic E-state index is 0.0995. The topological polar surface area (TPSA) is 107 Å². The van der Waals surface area contributed by atoms with Gasteiger partial charge >= 0.3 is 27.3 Å². The number of rotatable bonds is 6. The minimum Gasteiger partial charge on any atom is -0.452 e. The molecule has 0 spiro atoms. The summed E-state index contributed by atoms with van der Waals surface area (Å²) in [7, 11) is -5.77. The van der Waals surface area contributed by atoms with Crippen molar-refractivity contribution in [1.29, 1.82) is 0 Å². The molecule has 26 heavy (non-hydrogen) atoms. The standard InChI is InChI=1S/C13H9Br3F2O7S/c1-6(13(17,18)26(21,22)23)24-10(19)2-3-11(20)25-12-8(15)4-7(14)5-9(12)16/h2-6H,1H3,(H,21,22,23)/b3-2-. The van der Waals surface area contributed by atoms with Gasteiger partial charge < -0.3 is 9.47 Å². The van der Waals surface area contributed by atoms with Gasteiger partial charge in [-0.15, -0.1) is 0 Å². The van der Waals surface area contributed by atoms with Crippen LogP contribution in [0.25, 0.3) is 0 Å². The van der Waals surface area contributed by atoms with Gasteiger partial charge in [-0.25, -0.2) is 9.59 Å². The molecule has 144 valence electrons. The molecule has 0 saturated carbocycles. The Balaban J connectivity index is 2.76. The van der Waals surface area contributed by atoms with Crippen molar-refractivity contribution >= 4 is 69.8 Å². The summed E-state index contributed by atoms with van der Waals surface area (Å²) < 4.78 is 66.6. The first-order valence-electron chi connectivity index (χ1n) is 6.35. The predicted octanol–water partition coefficient (Wildman–Crippen LogP) is 3.85. The van der Waals surface area contributed by atoms with Crippen molar-refractivity contribution in [3.63, 3.8) is 0 Å². The van der Waals surface area contributed by atoms with E-state index in [2.05, 4.69) is 52.5 Å². The van der Waals surface area contributed by atoms with Gasteiger partial charge in [0, 0.05) is 16.6 Å². The molecule has 0 heterocycles. The average molecular weight is 587 g/mol. The fraction of sp³-hybridized carbons (Fsp3) is 0.231. The molecule has 0 amide bonds. The third kappa shape index (κ3) is 6.08. The fourth-order valence-corrected chi connectivity index (χ4v) is 4.28. The number of hydrogen-bond donors (Lipinski definition) is 1. The lowest BCUT2D eigenvalue weighted by Crippen LogP contribution is -2.41. The average Bonchev–Trinajstić information content (AvgIpc) is 2.47. The lowest BCUT2D eigenvalue weighted by atomic mass is 10.3. The van der Waals surface area contributed by atoms with Crippen molar-refractivity contribution in [2.24, 2.45) is 0 Å². The van der Waals surface area contributed by atoms with Gasteiger partial charge in [0.25, 0.3) is 0 Å². The first-order chi connectivity index (χ1) is 11.8. The molecule has 7 nitrogen and oxygen atoms in total. The number of halogens is 5. The Hall–Kier alpha value is -0.890. The molecule has 0 saturated heterocycles. The molecule has 1 N–H and O–H groups in total. The molecule has 0 aliphatic carbocycles. The van der Waals surface area contributed by atoms with Crippen LogP contribution in [0.15, 0.2) is 37.7 Å². The highest BCUT2D eigenvalue weighted by atomic mass is 79.9. The molecule has 1 aromatic rings. The SMILES string of the molecule is CC(OC(=O)/C=C\C(=O)Oc1c(Br)cc(Br)cc1Br)C(F)(F)S(=O)(=O)O. The van der Waals surface area contributed by atoms with Gasteiger partial charge in [-0.05, 0) is 50.9 Å². The quantitative estimate of drug-likeness (QED) is 0.234. The molecule has 0 radical (unpaired) electrons. The van der Waals surface area contributed by atoms with E-state index in [1.807, 2.05) is 0 Å². The Kier molecular flexibility index (Phi) is 7.89. The second kappa shape index (κ2) is 8.87. The molecule has 1 atom stereocenters.